The van der Waals surface area contributed by atoms with Gasteiger partial charge in [0.15, 0.2) is 0 Å². The molecule has 10 heteroatoms. The number of aliphatic hydroxyl groups excluding tert-OH is 1. The van der Waals surface area contributed by atoms with Crippen molar-refractivity contribution >= 4 is 23.7 Å². The number of nitrogens with zero attached hydrogens (tertiary/aromatic N) is 3. The number of nitro groups is 1. The zero-order chi connectivity index (χ0) is 39.1. The number of β-amino-alcohol motifs (C(OH)–C–C–N with tert-alkyl or cyclic N) is 1. The number of carbonyl (C=O) groups is 1. The van der Waals surface area contributed by atoms with Gasteiger partial charge < -0.3 is 24.2 Å². The van der Waals surface area contributed by atoms with Crippen LogP contribution in [0.1, 0.15) is 44.7 Å². The van der Waals surface area contributed by atoms with E-state index in [-0.39, 0.29) is 24.7 Å². The van der Waals surface area contributed by atoms with Crippen molar-refractivity contribution in [2.45, 2.75) is 24.2 Å². The van der Waals surface area contributed by atoms with Gasteiger partial charge in [-0.2, -0.15) is 0 Å². The summed E-state index contributed by atoms with van der Waals surface area (Å²) in [6.45, 7) is 0.334. The minimum atomic E-state index is -1.07. The summed E-state index contributed by atoms with van der Waals surface area (Å²) in [7, 11) is 3.26. The van der Waals surface area contributed by atoms with Crippen molar-refractivity contribution in [1.29, 1.82) is 0 Å². The third kappa shape index (κ3) is 8.07. The van der Waals surface area contributed by atoms with E-state index in [1.807, 2.05) is 121 Å². The number of hydrogen-bond acceptors (Lipinski definition) is 8. The number of aliphatic hydroxyl groups is 1. The van der Waals surface area contributed by atoms with Crippen LogP contribution in [0.5, 0.6) is 11.5 Å². The summed E-state index contributed by atoms with van der Waals surface area (Å²) in [6, 6.07) is 44.4. The van der Waals surface area contributed by atoms with Gasteiger partial charge in [0.25, 0.3) is 11.6 Å². The lowest BCUT2D eigenvalue weighted by molar-refractivity contribution is -0.384. The van der Waals surface area contributed by atoms with Crippen LogP contribution in [0.2, 0.25) is 0 Å². The molecule has 0 aliphatic carbocycles. The average molecular weight is 748 g/mol. The molecule has 1 aromatic heterocycles. The summed E-state index contributed by atoms with van der Waals surface area (Å²) in [5.41, 5.74) is 5.20. The molecule has 0 bridgehead atoms. The summed E-state index contributed by atoms with van der Waals surface area (Å²) in [5.74, 6) is 1.23. The van der Waals surface area contributed by atoms with Gasteiger partial charge in [0.1, 0.15) is 17.1 Å². The maximum absolute atomic E-state index is 14.1. The Bertz CT molecular complexity index is 2250. The number of pyridine rings is 1. The Morgan fingerprint density at radius 3 is 1.98 bits per heavy atom. The van der Waals surface area contributed by atoms with E-state index in [2.05, 4.69) is 0 Å². The lowest BCUT2D eigenvalue weighted by Crippen LogP contribution is -2.42. The highest BCUT2D eigenvalue weighted by Gasteiger charge is 2.41. The van der Waals surface area contributed by atoms with Crippen molar-refractivity contribution in [3.8, 4) is 22.8 Å². The van der Waals surface area contributed by atoms with Crippen molar-refractivity contribution in [2.75, 3.05) is 27.4 Å². The highest BCUT2D eigenvalue weighted by molar-refractivity contribution is 5.95. The van der Waals surface area contributed by atoms with Crippen LogP contribution in [0.25, 0.3) is 23.4 Å². The number of hydrogen-bond donors (Lipinski definition) is 1. The number of amides is 1. The van der Waals surface area contributed by atoms with Crippen molar-refractivity contribution in [3.05, 3.63) is 189 Å². The molecule has 0 spiro atoms. The Kier molecular flexibility index (Phi) is 11.3. The largest absolute Gasteiger partial charge is 0.497 e. The quantitative estimate of drug-likeness (QED) is 0.0710. The summed E-state index contributed by atoms with van der Waals surface area (Å²) >= 11 is 0. The number of nitro benzene ring substituents is 1. The van der Waals surface area contributed by atoms with E-state index < -0.39 is 22.7 Å². The number of ether oxygens (including phenoxy) is 3. The van der Waals surface area contributed by atoms with E-state index in [9.17, 15) is 20.0 Å². The highest BCUT2D eigenvalue weighted by Crippen LogP contribution is 2.42. The Labute approximate surface area is 325 Å². The maximum atomic E-state index is 14.1. The average Bonchev–Trinajstić information content (AvgIpc) is 3.63. The van der Waals surface area contributed by atoms with Crippen LogP contribution < -0.4 is 9.47 Å². The Morgan fingerprint density at radius 2 is 1.39 bits per heavy atom. The Hall–Kier alpha value is -6.62. The van der Waals surface area contributed by atoms with E-state index in [1.54, 1.807) is 43.4 Å². The minimum Gasteiger partial charge on any atom is -0.497 e. The van der Waals surface area contributed by atoms with Crippen LogP contribution in [0.3, 0.4) is 0 Å². The van der Waals surface area contributed by atoms with Gasteiger partial charge in [-0.15, -0.1) is 0 Å². The lowest BCUT2D eigenvalue weighted by atomic mass is 9.80. The molecule has 1 amide bonds. The zero-order valence-electron chi connectivity index (χ0n) is 31.0. The zero-order valence-corrected chi connectivity index (χ0v) is 31.0. The molecule has 1 saturated heterocycles. The number of benzene rings is 5. The van der Waals surface area contributed by atoms with E-state index in [1.165, 1.54) is 12.1 Å². The van der Waals surface area contributed by atoms with Crippen LogP contribution in [0, 0.1) is 10.1 Å². The summed E-state index contributed by atoms with van der Waals surface area (Å²) < 4.78 is 18.1. The first kappa shape index (κ1) is 37.7. The van der Waals surface area contributed by atoms with Gasteiger partial charge in [0, 0.05) is 29.8 Å². The minimum absolute atomic E-state index is 0.0357. The number of rotatable bonds is 13. The first-order valence-electron chi connectivity index (χ1n) is 18.2. The third-order valence-electron chi connectivity index (χ3n) is 10.1. The van der Waals surface area contributed by atoms with Crippen LogP contribution in [0.15, 0.2) is 146 Å². The number of carbonyl (C=O) groups excluding carboxylic acids is 1. The summed E-state index contributed by atoms with van der Waals surface area (Å²) in [4.78, 5) is 31.2. The molecule has 0 unspecified atom stereocenters. The number of non-ortho nitro benzene ring substituents is 1. The molecule has 7 rings (SSSR count). The molecule has 2 heterocycles. The van der Waals surface area contributed by atoms with E-state index >= 15 is 0 Å². The molecule has 2 atom stereocenters. The molecular formula is C46H41N3O7. The molecule has 1 N–H and O–H groups in total. The second-order valence-electron chi connectivity index (χ2n) is 13.5. The fraction of sp³-hybridized carbons (Fsp3) is 0.174. The molecule has 56 heavy (non-hydrogen) atoms. The predicted molar refractivity (Wildman–Crippen MR) is 215 cm³/mol. The number of aromatic nitrogens is 1. The summed E-state index contributed by atoms with van der Waals surface area (Å²) in [5, 5.41) is 21.9. The topological polar surface area (TPSA) is 124 Å². The van der Waals surface area contributed by atoms with Gasteiger partial charge in [0.2, 0.25) is 0 Å². The molecular weight excluding hydrogens is 707 g/mol. The van der Waals surface area contributed by atoms with Gasteiger partial charge in [-0.05, 0) is 95.4 Å². The van der Waals surface area contributed by atoms with Gasteiger partial charge >= 0.3 is 0 Å². The van der Waals surface area contributed by atoms with Gasteiger partial charge in [-0.1, -0.05) is 78.9 Å². The highest BCUT2D eigenvalue weighted by atomic mass is 16.6. The Morgan fingerprint density at radius 1 is 0.786 bits per heavy atom. The van der Waals surface area contributed by atoms with Crippen LogP contribution >= 0.6 is 0 Å². The normalized spacial score (nSPS) is 15.5. The Balaban J connectivity index is 1.12. The van der Waals surface area contributed by atoms with Crippen molar-refractivity contribution in [2.24, 2.45) is 0 Å². The molecule has 1 aliphatic rings. The van der Waals surface area contributed by atoms with Gasteiger partial charge in [-0.25, -0.2) is 4.98 Å². The fourth-order valence-electron chi connectivity index (χ4n) is 7.14. The monoisotopic (exact) mass is 747 g/mol. The van der Waals surface area contributed by atoms with Gasteiger partial charge in [-0.3, -0.25) is 14.9 Å². The third-order valence-corrected chi connectivity index (χ3v) is 10.1. The number of methoxy groups -OCH3 is 2. The summed E-state index contributed by atoms with van der Waals surface area (Å²) in [6.07, 6.45) is 3.36. The number of likely N-dealkylation sites (tertiary alicyclic amines) is 1. The van der Waals surface area contributed by atoms with Crippen LogP contribution in [-0.2, 0) is 10.3 Å². The van der Waals surface area contributed by atoms with Crippen LogP contribution in [0.4, 0.5) is 5.69 Å². The second kappa shape index (κ2) is 16.8. The van der Waals surface area contributed by atoms with E-state index in [4.69, 9.17) is 19.2 Å². The lowest BCUT2D eigenvalue weighted by Gasteiger charge is -2.38. The smallest absolute Gasteiger partial charge is 0.269 e. The molecule has 6 aromatic rings. The van der Waals surface area contributed by atoms with Crippen LogP contribution in [-0.4, -0.2) is 65.3 Å². The van der Waals surface area contributed by atoms with Gasteiger partial charge in [0.05, 0.1) is 49.3 Å². The van der Waals surface area contributed by atoms with E-state index in [0.29, 0.717) is 29.2 Å². The molecule has 1 fully saturated rings. The molecule has 0 radical (unpaired) electrons. The first-order valence-corrected chi connectivity index (χ1v) is 18.2. The maximum Gasteiger partial charge on any atom is 0.269 e. The predicted octanol–water partition coefficient (Wildman–Crippen LogP) is 8.43. The fourth-order valence-corrected chi connectivity index (χ4v) is 7.14. The molecule has 5 aromatic carbocycles. The van der Waals surface area contributed by atoms with E-state index in [0.717, 1.165) is 33.5 Å². The first-order chi connectivity index (χ1) is 27.3. The van der Waals surface area contributed by atoms with Crippen molar-refractivity contribution in [3.63, 3.8) is 0 Å². The molecule has 0 saturated carbocycles. The molecule has 10 nitrogen and oxygen atoms in total. The standard InChI is InChI=1S/C46H41N3O7/c1-54-42-25-18-36(19-26-42)46(35-7-4-3-5-8-35,37-20-27-43(55-2)28-21-37)56-31-40-29-41(50)30-48(40)45(51)34-16-14-33(15-17-34)44-10-6-9-38(47-44)22-11-32-12-23-39(24-13-32)49(52)53/h3-28,40-41,50H,29-31H2,1-2H3/b22-11+/t40-,41+/m0/s1. The van der Waals surface area contributed by atoms with Crippen molar-refractivity contribution in [1.82, 2.24) is 9.88 Å². The second-order valence-corrected chi connectivity index (χ2v) is 13.5. The van der Waals surface area contributed by atoms with Crippen molar-refractivity contribution < 1.29 is 29.0 Å². The molecule has 282 valence electrons. The SMILES string of the molecule is COc1ccc(C(OC[C@@H]2C[C@@H](O)CN2C(=O)c2ccc(-c3cccc(/C=C/c4ccc([N+](=O)[O-])cc4)n3)cc2)(c2ccccc2)c2ccc(OC)cc2)cc1. The molecule has 1 aliphatic heterocycles.